The van der Waals surface area contributed by atoms with Gasteiger partial charge in [-0.25, -0.2) is 40.2 Å². The standard InChI is InChI=1S/C31H34N6O4.C30H30F2N6O3.C30H32N6O5/c1-41-35-30(40)27-19-37(24-10-7-21-3-2-4-22(21)17-24)29-26(28(27)39)18-32-31(34-29)33-23-8-5-20(6-9-23)11-14-36-15-12-25(38)13-16-36;1-37-13-12-25(30(31,32)17-37)19-6-9-21(10-7-19)34-29-33-15-23-26(39)24(28(40)36-41-2)16-38(27(23)35-29)22-11-8-18-4-3-5-20(18)14-22;1-35-13-12-30(40,25(37)17-35)20-7-9-21(10-8-20)32-29-31-15-23-26(38)24(28(39)34-41-2)16-36(27(23)33-29)22-11-6-18-4-3-5-19(18)14-22/h5-10,17-19,25,38H,2-4,11-16H2,1H3,(H,35,40)(H,32,33,34);6-11,14-16,25H,3-5,12-13,17H2,1-2H3,(H,36,40)(H,33,34,35);6-11,14-16,25,37,40H,3-5,12-13,17H2,1-2H3,(H,34,39)(H,31,32,33)/t;;25-,30-/m..0/s1. The van der Waals surface area contributed by atoms with Crippen molar-refractivity contribution in [2.75, 3.05) is 97.2 Å². The molecule has 12 aromatic rings. The van der Waals surface area contributed by atoms with Crippen molar-refractivity contribution in [3.05, 3.63) is 262 Å². The first kappa shape index (κ1) is 84.1. The number of carbonyl (C=O) groups is 3. The number of nitrogens with zero attached hydrogens (tertiary/aromatic N) is 12. The molecule has 3 saturated heterocycles. The highest BCUT2D eigenvalue weighted by Gasteiger charge is 2.45. The van der Waals surface area contributed by atoms with E-state index in [9.17, 15) is 52.9 Å². The number of β-amino-alcohol motifs (C(OH)–C–C–N with tert-alkyl or cyclic N) is 1. The van der Waals surface area contributed by atoms with Gasteiger partial charge in [0.2, 0.25) is 34.1 Å². The zero-order chi connectivity index (χ0) is 85.8. The molecule has 3 aliphatic heterocycles. The van der Waals surface area contributed by atoms with Crippen LogP contribution in [0.4, 0.5) is 43.7 Å². The summed E-state index contributed by atoms with van der Waals surface area (Å²) in [6, 6.07) is 40.5. The summed E-state index contributed by atoms with van der Waals surface area (Å²) in [6.07, 6.45) is 20.4. The van der Waals surface area contributed by atoms with Gasteiger partial charge in [0.15, 0.2) is 16.9 Å². The van der Waals surface area contributed by atoms with E-state index in [1.165, 1.54) is 97.5 Å². The summed E-state index contributed by atoms with van der Waals surface area (Å²) in [5, 5.41) is 41.5. The third kappa shape index (κ3) is 18.2. The Morgan fingerprint density at radius 2 is 0.878 bits per heavy atom. The number of halogens is 2. The minimum absolute atomic E-state index is 0.0551. The molecular weight excluding hydrogens is 1580 g/mol. The number of likely N-dealkylation sites (N-methyl/N-ethyl adjacent to an activating group) is 1. The zero-order valence-corrected chi connectivity index (χ0v) is 68.8. The molecule has 18 rings (SSSR count). The lowest BCUT2D eigenvalue weighted by Gasteiger charge is -2.41. The zero-order valence-electron chi connectivity index (χ0n) is 68.8. The van der Waals surface area contributed by atoms with Crippen LogP contribution >= 0.6 is 0 Å². The van der Waals surface area contributed by atoms with Gasteiger partial charge in [0.1, 0.15) is 22.3 Å². The Morgan fingerprint density at radius 3 is 1.27 bits per heavy atom. The lowest BCUT2D eigenvalue weighted by atomic mass is 9.82. The van der Waals surface area contributed by atoms with Gasteiger partial charge < -0.3 is 59.7 Å². The van der Waals surface area contributed by atoms with Gasteiger partial charge in [0, 0.05) is 104 Å². The summed E-state index contributed by atoms with van der Waals surface area (Å²) in [5.41, 5.74) is 19.3. The Balaban J connectivity index is 0.000000137. The molecular formula is C91H96F2N18O12. The van der Waals surface area contributed by atoms with E-state index < -0.39 is 57.6 Å². The molecule has 9 heterocycles. The molecule has 1 unspecified atom stereocenters. The van der Waals surface area contributed by atoms with Crippen LogP contribution in [0.1, 0.15) is 132 Å². The van der Waals surface area contributed by atoms with Gasteiger partial charge in [-0.2, -0.15) is 15.0 Å². The van der Waals surface area contributed by atoms with Gasteiger partial charge in [-0.3, -0.25) is 43.3 Å². The molecule has 0 bridgehead atoms. The van der Waals surface area contributed by atoms with Crippen LogP contribution in [0.25, 0.3) is 50.2 Å². The number of piperidine rings is 3. The summed E-state index contributed by atoms with van der Waals surface area (Å²) in [6.45, 7) is 4.28. The van der Waals surface area contributed by atoms with Crippen LogP contribution in [0, 0.1) is 0 Å². The van der Waals surface area contributed by atoms with Crippen molar-refractivity contribution < 1.29 is 53.0 Å². The van der Waals surface area contributed by atoms with Crippen molar-refractivity contribution in [3.63, 3.8) is 0 Å². The number of likely N-dealkylation sites (tertiary alicyclic amines) is 3. The number of aryl methyl sites for hydroxylation is 6. The van der Waals surface area contributed by atoms with E-state index in [4.69, 9.17) is 19.5 Å². The van der Waals surface area contributed by atoms with E-state index in [-0.39, 0.29) is 57.4 Å². The molecule has 9 N–H and O–H groups in total. The Kier molecular flexibility index (Phi) is 24.8. The van der Waals surface area contributed by atoms with Gasteiger partial charge in [-0.15, -0.1) is 0 Å². The molecule has 3 amide bonds. The number of pyridine rings is 3. The molecule has 6 aromatic heterocycles. The topological polar surface area (TPSA) is 365 Å². The number of fused-ring (bicyclic) bond motifs is 6. The SMILES string of the molecule is CONC(=O)c1cn(-c2ccc3c(c2)CCC3)c2nc(Nc3ccc(C4CCN(C)CC4(F)F)cc3)ncc2c1=O.CONC(=O)c1cn(-c2ccc3c(c2)CCC3)c2nc(Nc3ccc(CCN4CCC(O)CC4)cc3)ncc2c1=O.CONC(=O)c1cn(-c2ccc3c(c2)CCC3)c2nc(Nc3ccc([C@@]4(O)CCN(C)C[C@@H]4O)cc3)ncc2c1=O. The maximum Gasteiger partial charge on any atom is 0.280 e. The largest absolute Gasteiger partial charge is 0.393 e. The number of amides is 3. The molecule has 0 radical (unpaired) electrons. The summed E-state index contributed by atoms with van der Waals surface area (Å²) in [5.74, 6) is -4.78. The Labute approximate surface area is 705 Å². The number of hydrogen-bond acceptors (Lipinski definition) is 24. The van der Waals surface area contributed by atoms with Gasteiger partial charge in [0.25, 0.3) is 23.6 Å². The number of anilines is 6. The molecule has 6 aliphatic rings. The summed E-state index contributed by atoms with van der Waals surface area (Å²) in [7, 11) is 7.55. The van der Waals surface area contributed by atoms with Crippen LogP contribution in [0.5, 0.6) is 0 Å². The van der Waals surface area contributed by atoms with Crippen molar-refractivity contribution in [1.29, 1.82) is 0 Å². The molecule has 6 aromatic carbocycles. The molecule has 32 heteroatoms. The minimum Gasteiger partial charge on any atom is -0.393 e. The molecule has 30 nitrogen and oxygen atoms in total. The number of benzene rings is 6. The normalized spacial score (nSPS) is 18.2. The van der Waals surface area contributed by atoms with Gasteiger partial charge >= 0.3 is 0 Å². The Bertz CT molecular complexity index is 6190. The fourth-order valence-corrected chi connectivity index (χ4v) is 17.3. The Morgan fingerprint density at radius 1 is 0.488 bits per heavy atom. The fraction of sp³-hybridized carbons (Fsp3) is 0.341. The van der Waals surface area contributed by atoms with Crippen molar-refractivity contribution in [2.45, 2.75) is 120 Å². The first-order chi connectivity index (χ1) is 59.5. The van der Waals surface area contributed by atoms with E-state index in [0.29, 0.717) is 77.9 Å². The molecule has 0 spiro atoms. The Hall–Kier alpha value is -12.5. The second-order valence-corrected chi connectivity index (χ2v) is 32.2. The van der Waals surface area contributed by atoms with Crippen LogP contribution < -0.4 is 48.7 Å². The summed E-state index contributed by atoms with van der Waals surface area (Å²) in [4.78, 5) is 125. The predicted octanol–water partition coefficient (Wildman–Crippen LogP) is 9.85. The molecule has 123 heavy (non-hydrogen) atoms. The third-order valence-electron chi connectivity index (χ3n) is 24.0. The quantitative estimate of drug-likeness (QED) is 0.0320. The highest BCUT2D eigenvalue weighted by molar-refractivity contribution is 5.98. The van der Waals surface area contributed by atoms with Gasteiger partial charge in [-0.1, -0.05) is 54.6 Å². The van der Waals surface area contributed by atoms with E-state index in [1.54, 1.807) is 74.2 Å². The fourth-order valence-electron chi connectivity index (χ4n) is 17.3. The second-order valence-electron chi connectivity index (χ2n) is 32.2. The first-order valence-electron chi connectivity index (χ1n) is 41.3. The third-order valence-corrected chi connectivity index (χ3v) is 24.0. The van der Waals surface area contributed by atoms with Crippen LogP contribution in [0.15, 0.2) is 179 Å². The van der Waals surface area contributed by atoms with Crippen molar-refractivity contribution >= 4 is 85.7 Å². The van der Waals surface area contributed by atoms with Crippen molar-refractivity contribution in [1.82, 2.24) is 74.7 Å². The number of rotatable bonds is 20. The molecule has 3 aliphatic carbocycles. The first-order valence-corrected chi connectivity index (χ1v) is 41.3. The number of aliphatic hydroxyl groups is 3. The summed E-state index contributed by atoms with van der Waals surface area (Å²) < 4.78 is 34.5. The molecule has 3 fully saturated rings. The number of hydroxylamine groups is 3. The van der Waals surface area contributed by atoms with Gasteiger partial charge in [-0.05, 0) is 233 Å². The van der Waals surface area contributed by atoms with Crippen molar-refractivity contribution in [3.8, 4) is 17.1 Å². The average molecular weight is 1670 g/mol. The van der Waals surface area contributed by atoms with Crippen molar-refractivity contribution in [2.24, 2.45) is 0 Å². The monoisotopic (exact) mass is 1670 g/mol. The number of nitrogens with one attached hydrogen (secondary N) is 6. The maximum atomic E-state index is 14.7. The number of aliphatic hydroxyl groups excluding tert-OH is 2. The number of carbonyl (C=O) groups excluding carboxylic acids is 3. The van der Waals surface area contributed by atoms with Crippen LogP contribution in [0.2, 0.25) is 0 Å². The van der Waals surface area contributed by atoms with Crippen LogP contribution in [-0.2, 0) is 65.1 Å². The predicted molar refractivity (Wildman–Crippen MR) is 461 cm³/mol. The summed E-state index contributed by atoms with van der Waals surface area (Å²) >= 11 is 0. The minimum atomic E-state index is -2.80. The highest BCUT2D eigenvalue weighted by atomic mass is 19.3. The van der Waals surface area contributed by atoms with E-state index >= 15 is 0 Å². The second kappa shape index (κ2) is 36.3. The van der Waals surface area contributed by atoms with E-state index in [2.05, 4.69) is 111 Å². The highest BCUT2D eigenvalue weighted by Crippen LogP contribution is 2.41. The number of aromatic nitrogens is 9. The molecule has 3 atom stereocenters. The average Bonchev–Trinajstić information content (AvgIpc) is 1.69. The lowest BCUT2D eigenvalue weighted by Crippen LogP contribution is -2.52. The molecule has 636 valence electrons. The van der Waals surface area contributed by atoms with Crippen LogP contribution in [-0.4, -0.2) is 191 Å². The van der Waals surface area contributed by atoms with Crippen LogP contribution in [0.3, 0.4) is 0 Å². The lowest BCUT2D eigenvalue weighted by molar-refractivity contribution is -0.120. The number of alkyl halides is 2. The molecule has 0 saturated carbocycles. The van der Waals surface area contributed by atoms with E-state index in [1.807, 2.05) is 42.3 Å². The maximum absolute atomic E-state index is 14.7. The smallest absolute Gasteiger partial charge is 0.280 e. The number of hydrogen-bond donors (Lipinski definition) is 9. The van der Waals surface area contributed by atoms with E-state index in [0.717, 1.165) is 119 Å². The van der Waals surface area contributed by atoms with Gasteiger partial charge in [0.05, 0.1) is 62.2 Å².